The maximum absolute atomic E-state index is 9.66. The number of furan rings is 1. The molecule has 0 aliphatic heterocycles. The smallest absolute Gasteiger partial charge is 0.143 e. The monoisotopic (exact) mass is 697 g/mol. The van der Waals surface area contributed by atoms with Gasteiger partial charge in [-0.15, -0.1) is 0 Å². The molecule has 0 fully saturated rings. The third-order valence-corrected chi connectivity index (χ3v) is 9.84. The number of rotatable bonds is 7. The van der Waals surface area contributed by atoms with Gasteiger partial charge in [0.2, 0.25) is 0 Å². The zero-order valence-electron chi connectivity index (χ0n) is 36.9. The molecule has 1 aromatic heterocycles. The van der Waals surface area contributed by atoms with Gasteiger partial charge in [-0.1, -0.05) is 170 Å². The summed E-state index contributed by atoms with van der Waals surface area (Å²) in [7, 11) is 0. The largest absolute Gasteiger partial charge is 0.455 e. The average Bonchev–Trinajstić information content (AvgIpc) is 3.71. The Labute approximate surface area is 326 Å². The lowest BCUT2D eigenvalue weighted by molar-refractivity contribution is 0.673. The summed E-state index contributed by atoms with van der Waals surface area (Å²) < 4.78 is 82.5. The van der Waals surface area contributed by atoms with Gasteiger partial charge in [0.25, 0.3) is 0 Å². The topological polar surface area (TPSA) is 16.4 Å². The van der Waals surface area contributed by atoms with Crippen molar-refractivity contribution in [1.82, 2.24) is 0 Å². The van der Waals surface area contributed by atoms with E-state index in [4.69, 9.17) is 4.42 Å². The number of hydrogen-bond acceptors (Lipinski definition) is 2. The summed E-state index contributed by atoms with van der Waals surface area (Å²) >= 11 is 0. The summed E-state index contributed by atoms with van der Waals surface area (Å²) in [6.45, 7) is 0. The number of anilines is 3. The SMILES string of the molecule is [2H]c1c([2H])c(N(c2ccccc2-c2cccc3oc4c5ccccc5ccc4c23)c2c([2H])c([2H])c(-c3ccc(-c4ccccc4)cc3)c([2H])c2[2H])c([2H])c([2H])c1-c1ccccc1. The van der Waals surface area contributed by atoms with Crippen LogP contribution >= 0.6 is 0 Å². The Morgan fingerprint density at radius 3 is 1.56 bits per heavy atom. The lowest BCUT2D eigenvalue weighted by atomic mass is 9.96. The van der Waals surface area contributed by atoms with Crippen LogP contribution in [-0.4, -0.2) is 0 Å². The van der Waals surface area contributed by atoms with Crippen LogP contribution in [0.2, 0.25) is 0 Å². The molecule has 0 N–H and O–H groups in total. The molecule has 10 rings (SSSR count). The second kappa shape index (κ2) is 13.4. The number of hydrogen-bond donors (Lipinski definition) is 0. The molecule has 2 heteroatoms. The highest BCUT2D eigenvalue weighted by atomic mass is 16.3. The number of fused-ring (bicyclic) bond motifs is 5. The molecule has 0 spiro atoms. The highest BCUT2D eigenvalue weighted by Crippen LogP contribution is 2.46. The van der Waals surface area contributed by atoms with Crippen molar-refractivity contribution in [2.75, 3.05) is 4.90 Å². The minimum absolute atomic E-state index is 0.0949. The predicted molar refractivity (Wildman–Crippen MR) is 228 cm³/mol. The second-order valence-electron chi connectivity index (χ2n) is 13.1. The van der Waals surface area contributed by atoms with Gasteiger partial charge in [-0.05, 0) is 86.7 Å². The minimum Gasteiger partial charge on any atom is -0.455 e. The highest BCUT2D eigenvalue weighted by Gasteiger charge is 2.21. The lowest BCUT2D eigenvalue weighted by Gasteiger charge is -2.28. The van der Waals surface area contributed by atoms with Gasteiger partial charge in [-0.25, -0.2) is 0 Å². The van der Waals surface area contributed by atoms with Gasteiger partial charge in [0.1, 0.15) is 11.2 Å². The van der Waals surface area contributed by atoms with Crippen LogP contribution in [0.3, 0.4) is 0 Å². The first-order valence-corrected chi connectivity index (χ1v) is 17.8. The zero-order chi connectivity index (χ0) is 42.8. The van der Waals surface area contributed by atoms with Gasteiger partial charge in [0.15, 0.2) is 0 Å². The summed E-state index contributed by atoms with van der Waals surface area (Å²) in [5.74, 6) is 0. The summed E-state index contributed by atoms with van der Waals surface area (Å²) in [6, 6.07) is 48.0. The molecule has 1 heterocycles. The van der Waals surface area contributed by atoms with Crippen molar-refractivity contribution in [2.45, 2.75) is 0 Å². The van der Waals surface area contributed by atoms with E-state index >= 15 is 0 Å². The van der Waals surface area contributed by atoms with Crippen molar-refractivity contribution in [1.29, 1.82) is 0 Å². The molecule has 9 aromatic carbocycles. The molecule has 0 bridgehead atoms. The van der Waals surface area contributed by atoms with E-state index in [-0.39, 0.29) is 46.7 Å². The van der Waals surface area contributed by atoms with E-state index in [2.05, 4.69) is 0 Å². The van der Waals surface area contributed by atoms with E-state index in [1.54, 1.807) is 48.5 Å². The van der Waals surface area contributed by atoms with E-state index in [9.17, 15) is 11.0 Å². The molecule has 0 radical (unpaired) electrons. The van der Waals surface area contributed by atoms with E-state index in [1.165, 1.54) is 4.90 Å². The Bertz CT molecular complexity index is 3330. The first-order valence-electron chi connectivity index (χ1n) is 21.8. The molecule has 10 aromatic rings. The standard InChI is InChI=1S/C52H35NO/c1-3-12-36(13-4-1)38-22-24-39(25-23-38)41-28-33-44(34-29-41)53(43-31-26-40(27-32-43)37-14-5-2-6-15-37)49-20-10-9-18-46(49)47-19-11-21-50-51(47)48-35-30-42-16-7-8-17-45(42)52(48)54-50/h1-35H/i26D,27D,28D,29D,31D,32D,33D,34D. The maximum atomic E-state index is 9.66. The summed E-state index contributed by atoms with van der Waals surface area (Å²) in [4.78, 5) is 1.38. The predicted octanol–water partition coefficient (Wildman–Crippen LogP) is 14.9. The fourth-order valence-electron chi connectivity index (χ4n) is 7.22. The molecular formula is C52H35NO. The highest BCUT2D eigenvalue weighted by molar-refractivity contribution is 6.19. The van der Waals surface area contributed by atoms with E-state index < -0.39 is 24.2 Å². The van der Waals surface area contributed by atoms with Gasteiger partial charge in [0.05, 0.1) is 16.7 Å². The van der Waals surface area contributed by atoms with Crippen LogP contribution in [0.1, 0.15) is 11.0 Å². The van der Waals surface area contributed by atoms with Crippen LogP contribution in [0, 0.1) is 0 Å². The average molecular weight is 698 g/mol. The van der Waals surface area contributed by atoms with Gasteiger partial charge in [-0.3, -0.25) is 0 Å². The van der Waals surface area contributed by atoms with Crippen LogP contribution in [0.5, 0.6) is 0 Å². The first-order chi connectivity index (χ1) is 30.1. The lowest BCUT2D eigenvalue weighted by Crippen LogP contribution is -2.11. The molecule has 0 saturated heterocycles. The molecule has 0 aliphatic rings. The van der Waals surface area contributed by atoms with Crippen molar-refractivity contribution in [3.8, 4) is 44.5 Å². The molecule has 0 unspecified atom stereocenters. The second-order valence-corrected chi connectivity index (χ2v) is 13.1. The third kappa shape index (κ3) is 5.62. The van der Waals surface area contributed by atoms with Crippen molar-refractivity contribution >= 4 is 49.8 Å². The molecule has 254 valence electrons. The van der Waals surface area contributed by atoms with Crippen molar-refractivity contribution in [3.05, 3.63) is 212 Å². The maximum Gasteiger partial charge on any atom is 0.143 e. The minimum atomic E-state index is -0.412. The van der Waals surface area contributed by atoms with Crippen molar-refractivity contribution in [2.24, 2.45) is 0 Å². The quantitative estimate of drug-likeness (QED) is 0.165. The van der Waals surface area contributed by atoms with Gasteiger partial charge < -0.3 is 9.32 Å². The molecule has 0 amide bonds. The first kappa shape index (κ1) is 24.2. The fourth-order valence-corrected chi connectivity index (χ4v) is 7.22. The number of para-hydroxylation sites is 1. The normalized spacial score (nSPS) is 13.4. The Hall–Kier alpha value is -7.16. The van der Waals surface area contributed by atoms with E-state index in [1.807, 2.05) is 115 Å². The van der Waals surface area contributed by atoms with Crippen LogP contribution in [0.25, 0.3) is 77.2 Å². The Morgan fingerprint density at radius 2 is 0.889 bits per heavy atom. The zero-order valence-corrected chi connectivity index (χ0v) is 28.9. The third-order valence-electron chi connectivity index (χ3n) is 9.84. The molecule has 0 aliphatic carbocycles. The van der Waals surface area contributed by atoms with E-state index in [0.717, 1.165) is 38.2 Å². The number of nitrogens with zero attached hydrogens (tertiary/aromatic N) is 1. The van der Waals surface area contributed by atoms with Gasteiger partial charge in [-0.2, -0.15) is 0 Å². The Kier molecular flexibility index (Phi) is 6.01. The molecule has 2 nitrogen and oxygen atoms in total. The van der Waals surface area contributed by atoms with Crippen LogP contribution in [0.4, 0.5) is 17.1 Å². The van der Waals surface area contributed by atoms with Crippen LogP contribution < -0.4 is 4.90 Å². The fraction of sp³-hybridized carbons (Fsp3) is 0. The van der Waals surface area contributed by atoms with Crippen molar-refractivity contribution in [3.63, 3.8) is 0 Å². The molecular weight excluding hydrogens is 655 g/mol. The molecule has 0 atom stereocenters. The summed E-state index contributed by atoms with van der Waals surface area (Å²) in [5.41, 5.74) is 5.63. The van der Waals surface area contributed by atoms with Gasteiger partial charge in [0, 0.05) is 33.1 Å². The Balaban J connectivity index is 1.25. The van der Waals surface area contributed by atoms with Crippen LogP contribution in [-0.2, 0) is 0 Å². The van der Waals surface area contributed by atoms with Crippen molar-refractivity contribution < 1.29 is 15.4 Å². The summed E-state index contributed by atoms with van der Waals surface area (Å²) in [6.07, 6.45) is 0. The number of benzene rings is 9. The Morgan fingerprint density at radius 1 is 0.370 bits per heavy atom. The molecule has 54 heavy (non-hydrogen) atoms. The summed E-state index contributed by atoms with van der Waals surface area (Å²) in [5, 5.41) is 3.63. The van der Waals surface area contributed by atoms with E-state index in [0.29, 0.717) is 33.5 Å². The molecule has 0 saturated carbocycles. The van der Waals surface area contributed by atoms with Gasteiger partial charge >= 0.3 is 0 Å². The van der Waals surface area contributed by atoms with Crippen LogP contribution in [0.15, 0.2) is 217 Å².